The normalized spacial score (nSPS) is 23.9. The molecule has 3 aromatic carbocycles. The maximum atomic E-state index is 14.5. The molecular weight excluding hydrogens is 605 g/mol. The molecule has 3 unspecified atom stereocenters. The molecule has 50 heavy (non-hydrogen) atoms. The summed E-state index contributed by atoms with van der Waals surface area (Å²) in [6, 6.07) is 19.9. The van der Waals surface area contributed by atoms with Crippen LogP contribution in [0, 0.1) is 25.2 Å². The maximum Gasteiger partial charge on any atom is 0.193 e. The smallest absolute Gasteiger partial charge is 0.193 e. The molecule has 1 heteroatoms. The van der Waals surface area contributed by atoms with Crippen molar-refractivity contribution >= 4 is 5.78 Å². The summed E-state index contributed by atoms with van der Waals surface area (Å²) in [5.41, 5.74) is 15.6. The third-order valence-corrected chi connectivity index (χ3v) is 12.3. The second-order valence-corrected chi connectivity index (χ2v) is 15.9. The molecule has 0 saturated carbocycles. The van der Waals surface area contributed by atoms with E-state index >= 15 is 0 Å². The molecule has 0 aromatic heterocycles. The number of carbonyl (C=O) groups is 1. The molecule has 0 N–H and O–H groups in total. The highest BCUT2D eigenvalue weighted by Gasteiger charge is 2.45. The number of hydrogen-bond donors (Lipinski definition) is 0. The van der Waals surface area contributed by atoms with Crippen LogP contribution in [0.2, 0.25) is 0 Å². The number of benzene rings is 3. The lowest BCUT2D eigenvalue weighted by Gasteiger charge is -2.36. The molecule has 0 saturated heterocycles. The first-order valence-electron chi connectivity index (χ1n) is 18.9. The summed E-state index contributed by atoms with van der Waals surface area (Å²) in [4.78, 5) is 14.5. The van der Waals surface area contributed by atoms with Crippen LogP contribution in [0.1, 0.15) is 125 Å². The van der Waals surface area contributed by atoms with Gasteiger partial charge in [0.1, 0.15) is 0 Å². The zero-order valence-corrected chi connectivity index (χ0v) is 32.3. The van der Waals surface area contributed by atoms with E-state index in [1.807, 2.05) is 13.8 Å². The Morgan fingerprint density at radius 1 is 0.840 bits per heavy atom. The largest absolute Gasteiger partial charge is 0.289 e. The topological polar surface area (TPSA) is 17.1 Å². The Bertz CT molecular complexity index is 2050. The Morgan fingerprint density at radius 2 is 1.48 bits per heavy atom. The van der Waals surface area contributed by atoms with E-state index in [-0.39, 0.29) is 22.0 Å². The summed E-state index contributed by atoms with van der Waals surface area (Å²) in [6.45, 7) is 24.4. The fourth-order valence-electron chi connectivity index (χ4n) is 9.24. The highest BCUT2D eigenvalue weighted by Crippen LogP contribution is 2.56. The molecule has 0 bridgehead atoms. The lowest BCUT2D eigenvalue weighted by atomic mass is 9.67. The molecule has 7 rings (SSSR count). The highest BCUT2D eigenvalue weighted by molar-refractivity contribution is 6.11. The molecule has 0 spiro atoms. The molecular formula is C49H56O. The zero-order valence-electron chi connectivity index (χ0n) is 32.3. The van der Waals surface area contributed by atoms with E-state index < -0.39 is 0 Å². The van der Waals surface area contributed by atoms with Crippen molar-refractivity contribution in [1.82, 2.24) is 0 Å². The Labute approximate surface area is 302 Å². The minimum atomic E-state index is -0.196. The van der Waals surface area contributed by atoms with E-state index in [0.29, 0.717) is 11.8 Å². The van der Waals surface area contributed by atoms with Crippen molar-refractivity contribution in [3.8, 4) is 11.1 Å². The van der Waals surface area contributed by atoms with Crippen molar-refractivity contribution in [2.45, 2.75) is 106 Å². The highest BCUT2D eigenvalue weighted by atomic mass is 16.1. The van der Waals surface area contributed by atoms with Gasteiger partial charge in [0.2, 0.25) is 0 Å². The third-order valence-electron chi connectivity index (χ3n) is 12.3. The van der Waals surface area contributed by atoms with Crippen molar-refractivity contribution in [3.05, 3.63) is 164 Å². The minimum Gasteiger partial charge on any atom is -0.289 e. The Hall–Kier alpha value is -4.23. The van der Waals surface area contributed by atoms with Crippen LogP contribution in [-0.4, -0.2) is 5.78 Å². The number of ketones is 1. The molecule has 4 aliphatic rings. The molecule has 3 atom stereocenters. The van der Waals surface area contributed by atoms with E-state index in [9.17, 15) is 4.79 Å². The predicted molar refractivity (Wildman–Crippen MR) is 214 cm³/mol. The monoisotopic (exact) mass is 660 g/mol. The van der Waals surface area contributed by atoms with Crippen molar-refractivity contribution in [1.29, 1.82) is 0 Å². The maximum absolute atomic E-state index is 14.5. The minimum absolute atomic E-state index is 0.0156. The van der Waals surface area contributed by atoms with Gasteiger partial charge in [-0.15, -0.1) is 0 Å². The van der Waals surface area contributed by atoms with Crippen LogP contribution in [0.25, 0.3) is 11.1 Å². The fraction of sp³-hybridized carbons (Fsp3) is 0.367. The van der Waals surface area contributed by atoms with Gasteiger partial charge in [0, 0.05) is 27.9 Å². The first kappa shape index (κ1) is 35.6. The molecule has 0 aliphatic heterocycles. The average molecular weight is 661 g/mol. The summed E-state index contributed by atoms with van der Waals surface area (Å²) < 4.78 is 0. The predicted octanol–water partition coefficient (Wildman–Crippen LogP) is 13.2. The summed E-state index contributed by atoms with van der Waals surface area (Å²) in [5, 5.41) is 0. The van der Waals surface area contributed by atoms with Crippen molar-refractivity contribution in [2.75, 3.05) is 0 Å². The van der Waals surface area contributed by atoms with Crippen molar-refractivity contribution in [3.63, 3.8) is 0 Å². The fourth-order valence-corrected chi connectivity index (χ4v) is 9.24. The molecule has 258 valence electrons. The van der Waals surface area contributed by atoms with E-state index in [2.05, 4.69) is 166 Å². The van der Waals surface area contributed by atoms with Gasteiger partial charge in [0.05, 0.1) is 0 Å². The van der Waals surface area contributed by atoms with Crippen LogP contribution >= 0.6 is 0 Å². The van der Waals surface area contributed by atoms with Crippen LogP contribution in [-0.2, 0) is 10.8 Å². The quantitative estimate of drug-likeness (QED) is 0.241. The van der Waals surface area contributed by atoms with Crippen LogP contribution in [0.15, 0.2) is 125 Å². The number of rotatable bonds is 6. The van der Waals surface area contributed by atoms with Gasteiger partial charge in [0.15, 0.2) is 5.78 Å². The zero-order chi connectivity index (χ0) is 36.2. The van der Waals surface area contributed by atoms with Crippen LogP contribution in [0.5, 0.6) is 0 Å². The summed E-state index contributed by atoms with van der Waals surface area (Å²) in [5.74, 6) is 1.01. The second-order valence-electron chi connectivity index (χ2n) is 15.9. The van der Waals surface area contributed by atoms with Gasteiger partial charge in [-0.25, -0.2) is 0 Å². The summed E-state index contributed by atoms with van der Waals surface area (Å²) in [6.07, 6.45) is 20.3. The molecule has 3 aromatic rings. The molecule has 4 aliphatic carbocycles. The number of allylic oxidation sites excluding steroid dienone is 12. The second kappa shape index (κ2) is 13.1. The van der Waals surface area contributed by atoms with Crippen LogP contribution < -0.4 is 0 Å². The molecule has 0 amide bonds. The van der Waals surface area contributed by atoms with Crippen molar-refractivity contribution < 1.29 is 4.79 Å². The number of hydrogen-bond acceptors (Lipinski definition) is 1. The van der Waals surface area contributed by atoms with Crippen LogP contribution in [0.3, 0.4) is 0 Å². The molecule has 1 nitrogen and oxygen atoms in total. The average Bonchev–Trinajstić information content (AvgIpc) is 3.47. The van der Waals surface area contributed by atoms with Gasteiger partial charge in [-0.05, 0) is 113 Å². The number of carbonyl (C=O) groups excluding carboxylic acids is 1. The van der Waals surface area contributed by atoms with Gasteiger partial charge in [-0.1, -0.05) is 152 Å². The Kier molecular flexibility index (Phi) is 9.36. The molecule has 0 fully saturated rings. The molecule has 0 heterocycles. The van der Waals surface area contributed by atoms with Crippen LogP contribution in [0.4, 0.5) is 0 Å². The lowest BCUT2D eigenvalue weighted by molar-refractivity contribution is 0.103. The van der Waals surface area contributed by atoms with Gasteiger partial charge >= 0.3 is 0 Å². The number of aryl methyl sites for hydroxylation is 2. The van der Waals surface area contributed by atoms with E-state index in [1.165, 1.54) is 44.5 Å². The van der Waals surface area contributed by atoms with Gasteiger partial charge in [-0.3, -0.25) is 4.79 Å². The molecule has 0 radical (unpaired) electrons. The van der Waals surface area contributed by atoms with E-state index in [4.69, 9.17) is 0 Å². The number of fused-ring (bicyclic) bond motifs is 3. The Balaban J connectivity index is 0.00000212. The third kappa shape index (κ3) is 5.58. The Morgan fingerprint density at radius 3 is 2.18 bits per heavy atom. The van der Waals surface area contributed by atoms with Gasteiger partial charge < -0.3 is 0 Å². The van der Waals surface area contributed by atoms with Gasteiger partial charge in [-0.2, -0.15) is 0 Å². The van der Waals surface area contributed by atoms with Gasteiger partial charge in [0.25, 0.3) is 0 Å². The lowest BCUT2D eigenvalue weighted by Crippen LogP contribution is -2.27. The van der Waals surface area contributed by atoms with E-state index in [0.717, 1.165) is 40.7 Å². The standard InChI is InChI=1S/C47H50O.C2H6/c1-10-14-40-34(11-2)37-23-24-47(9,28-43(37)46(40,7)8)33-21-18-30(4)39(27-33)44(48)38-25-31(19-17-29(38)3)32-20-22-36-35-15-12-13-16-41(35)45(5,6)42(36)26-32;1-2/h10,12-27,35,41H,11,28H2,1-9H3;1-2H3/b14-10-;. The SMILES string of the molecule is C/C=C\C1=C(CC)C2=C(CC(C)(c3ccc(C)c(C(=O)c4cc(-c5ccc6c(c5)C(C)(C)C5C=CC=CC65)ccc4C)c3)C=C2)C1(C)C.CC. The first-order chi connectivity index (χ1) is 23.8. The summed E-state index contributed by atoms with van der Waals surface area (Å²) in [7, 11) is 0. The summed E-state index contributed by atoms with van der Waals surface area (Å²) >= 11 is 0. The van der Waals surface area contributed by atoms with Crippen molar-refractivity contribution in [2.24, 2.45) is 11.3 Å². The first-order valence-corrected chi connectivity index (χ1v) is 18.9. The van der Waals surface area contributed by atoms with E-state index in [1.54, 1.807) is 0 Å².